The number of aryl methyl sites for hydroxylation is 2. The van der Waals surface area contributed by atoms with Gasteiger partial charge in [0.05, 0.1) is 12.8 Å². The molecule has 3 heterocycles. The maximum absolute atomic E-state index is 12.6. The van der Waals surface area contributed by atoms with Gasteiger partial charge in [-0.1, -0.05) is 0 Å². The maximum atomic E-state index is 12.6. The number of imidazole rings is 1. The number of aromatic nitrogens is 4. The number of rotatable bonds is 3. The van der Waals surface area contributed by atoms with Gasteiger partial charge in [-0.25, -0.2) is 9.36 Å². The van der Waals surface area contributed by atoms with Crippen LogP contribution in [0.25, 0.3) is 17.0 Å². The summed E-state index contributed by atoms with van der Waals surface area (Å²) in [6, 6.07) is 0. The molecule has 0 fully saturated rings. The molecule has 0 bridgehead atoms. The second-order valence-corrected chi connectivity index (χ2v) is 4.82. The molecule has 0 saturated heterocycles. The van der Waals surface area contributed by atoms with Crippen molar-refractivity contribution in [3.63, 3.8) is 0 Å². The zero-order valence-corrected chi connectivity index (χ0v) is 12.3. The van der Waals surface area contributed by atoms with Crippen LogP contribution >= 0.6 is 0 Å². The van der Waals surface area contributed by atoms with E-state index in [0.717, 1.165) is 4.57 Å². The molecule has 3 aromatic heterocycles. The summed E-state index contributed by atoms with van der Waals surface area (Å²) in [6.07, 6.45) is 1.60. The van der Waals surface area contributed by atoms with Gasteiger partial charge in [0.2, 0.25) is 0 Å². The van der Waals surface area contributed by atoms with E-state index in [1.54, 1.807) is 20.0 Å². The lowest BCUT2D eigenvalue weighted by atomic mass is 10.4. The van der Waals surface area contributed by atoms with Crippen LogP contribution in [0, 0.1) is 6.92 Å². The van der Waals surface area contributed by atoms with Gasteiger partial charge in [0.25, 0.3) is 5.56 Å². The Morgan fingerprint density at radius 2 is 2.14 bits per heavy atom. The minimum absolute atomic E-state index is 0.175. The molecule has 0 atom stereocenters. The smallest absolute Gasteiger partial charge is 0.333 e. The average Bonchev–Trinajstić information content (AvgIpc) is 2.97. The Morgan fingerprint density at radius 3 is 2.82 bits per heavy atom. The van der Waals surface area contributed by atoms with E-state index in [1.165, 1.54) is 16.0 Å². The molecule has 116 valence electrons. The van der Waals surface area contributed by atoms with Crippen molar-refractivity contribution in [2.75, 3.05) is 6.61 Å². The quantitative estimate of drug-likeness (QED) is 0.622. The van der Waals surface area contributed by atoms with Gasteiger partial charge >= 0.3 is 17.5 Å². The van der Waals surface area contributed by atoms with E-state index in [-0.39, 0.29) is 23.6 Å². The van der Waals surface area contributed by atoms with E-state index in [9.17, 15) is 14.4 Å². The molecule has 9 nitrogen and oxygen atoms in total. The van der Waals surface area contributed by atoms with E-state index in [0.29, 0.717) is 5.76 Å². The second-order valence-electron chi connectivity index (χ2n) is 4.82. The molecular formula is C13H14N4O5. The minimum atomic E-state index is -0.648. The number of carbonyl (C=O) groups is 1. The number of oxazole rings is 1. The lowest BCUT2D eigenvalue weighted by Gasteiger charge is -2.07. The van der Waals surface area contributed by atoms with Gasteiger partial charge in [-0.3, -0.25) is 18.6 Å². The third kappa shape index (κ3) is 1.93. The molecule has 3 rings (SSSR count). The van der Waals surface area contributed by atoms with Crippen LogP contribution in [0.3, 0.4) is 0 Å². The molecule has 22 heavy (non-hydrogen) atoms. The van der Waals surface area contributed by atoms with E-state index in [2.05, 4.69) is 4.98 Å². The number of nitrogens with zero attached hydrogens (tertiary/aromatic N) is 4. The Bertz CT molecular complexity index is 1000. The topological polar surface area (TPSA) is 101 Å². The Hall–Kier alpha value is -2.84. The molecule has 0 N–H and O–H groups in total. The zero-order chi connectivity index (χ0) is 16.0. The minimum Gasteiger partial charge on any atom is -0.465 e. The highest BCUT2D eigenvalue weighted by atomic mass is 16.5. The summed E-state index contributed by atoms with van der Waals surface area (Å²) in [5.41, 5.74) is -0.866. The fourth-order valence-electron chi connectivity index (χ4n) is 2.34. The molecule has 0 aliphatic carbocycles. The van der Waals surface area contributed by atoms with E-state index in [4.69, 9.17) is 9.15 Å². The van der Waals surface area contributed by atoms with Crippen molar-refractivity contribution in [3.05, 3.63) is 32.8 Å². The van der Waals surface area contributed by atoms with Gasteiger partial charge in [-0.2, -0.15) is 4.98 Å². The Balaban J connectivity index is 2.33. The first-order valence-electron chi connectivity index (χ1n) is 6.67. The van der Waals surface area contributed by atoms with Gasteiger partial charge in [0.1, 0.15) is 12.3 Å². The van der Waals surface area contributed by atoms with Crippen molar-refractivity contribution in [2.24, 2.45) is 7.05 Å². The van der Waals surface area contributed by atoms with Crippen molar-refractivity contribution in [1.82, 2.24) is 18.5 Å². The largest absolute Gasteiger partial charge is 0.465 e. The first-order chi connectivity index (χ1) is 10.4. The molecule has 0 aliphatic heterocycles. The predicted octanol–water partition coefficient (Wildman–Crippen LogP) is -0.188. The summed E-state index contributed by atoms with van der Waals surface area (Å²) in [7, 11) is 1.48. The van der Waals surface area contributed by atoms with Gasteiger partial charge in [-0.15, -0.1) is 0 Å². The fourth-order valence-corrected chi connectivity index (χ4v) is 2.34. The molecule has 0 aromatic carbocycles. The van der Waals surface area contributed by atoms with Crippen LogP contribution < -0.4 is 11.2 Å². The van der Waals surface area contributed by atoms with Crippen molar-refractivity contribution in [3.8, 4) is 0 Å². The highest BCUT2D eigenvalue weighted by molar-refractivity contribution is 5.75. The van der Waals surface area contributed by atoms with E-state index < -0.39 is 23.8 Å². The van der Waals surface area contributed by atoms with Crippen LogP contribution in [0.4, 0.5) is 0 Å². The molecule has 0 spiro atoms. The third-order valence-corrected chi connectivity index (χ3v) is 3.30. The van der Waals surface area contributed by atoms with Crippen molar-refractivity contribution in [1.29, 1.82) is 0 Å². The van der Waals surface area contributed by atoms with Crippen LogP contribution in [0.5, 0.6) is 0 Å². The van der Waals surface area contributed by atoms with Crippen molar-refractivity contribution >= 4 is 23.0 Å². The molecular weight excluding hydrogens is 292 g/mol. The number of hydrogen-bond donors (Lipinski definition) is 0. The summed E-state index contributed by atoms with van der Waals surface area (Å²) >= 11 is 0. The number of esters is 1. The van der Waals surface area contributed by atoms with Gasteiger partial charge in [-0.05, 0) is 13.8 Å². The Kier molecular flexibility index (Phi) is 3.12. The molecule has 0 radical (unpaired) electrons. The van der Waals surface area contributed by atoms with Crippen LogP contribution in [-0.4, -0.2) is 31.1 Å². The van der Waals surface area contributed by atoms with Crippen LogP contribution in [0.15, 0.2) is 20.2 Å². The number of carbonyl (C=O) groups excluding carboxylic acids is 1. The molecule has 0 unspecified atom stereocenters. The zero-order valence-electron chi connectivity index (χ0n) is 12.3. The van der Waals surface area contributed by atoms with Gasteiger partial charge < -0.3 is 9.15 Å². The molecule has 0 aliphatic rings. The highest BCUT2D eigenvalue weighted by Gasteiger charge is 2.20. The molecule has 0 saturated carbocycles. The van der Waals surface area contributed by atoms with Crippen LogP contribution in [-0.2, 0) is 23.1 Å². The number of ether oxygens (including phenoxy) is 1. The van der Waals surface area contributed by atoms with Gasteiger partial charge in [0.15, 0.2) is 11.2 Å². The Labute approximate surface area is 123 Å². The number of fused-ring (bicyclic) bond motifs is 3. The van der Waals surface area contributed by atoms with E-state index in [1.807, 2.05) is 0 Å². The second kappa shape index (κ2) is 4.86. The summed E-state index contributed by atoms with van der Waals surface area (Å²) in [4.78, 5) is 40.6. The van der Waals surface area contributed by atoms with Gasteiger partial charge in [0, 0.05) is 7.05 Å². The standard InChI is InChI=1S/C13H14N4O5/c1-4-21-8(18)6-17-11(19)9-10(15(3)13(17)20)14-12-16(9)5-7(2)22-12/h5H,4,6H2,1-3H3. The first kappa shape index (κ1) is 14.1. The van der Waals surface area contributed by atoms with Crippen LogP contribution in [0.2, 0.25) is 0 Å². The SMILES string of the molecule is CCOC(=O)Cn1c(=O)c2c(nc3oc(C)cn32)n(C)c1=O. The summed E-state index contributed by atoms with van der Waals surface area (Å²) in [5, 5.41) is 0. The third-order valence-electron chi connectivity index (χ3n) is 3.30. The lowest BCUT2D eigenvalue weighted by Crippen LogP contribution is -2.41. The lowest BCUT2D eigenvalue weighted by molar-refractivity contribution is -0.143. The normalized spacial score (nSPS) is 11.4. The summed E-state index contributed by atoms with van der Waals surface area (Å²) in [5.74, 6) is 0.147. The average molecular weight is 306 g/mol. The molecule has 0 amide bonds. The monoisotopic (exact) mass is 306 g/mol. The molecule has 9 heteroatoms. The summed E-state index contributed by atoms with van der Waals surface area (Å²) < 4.78 is 13.7. The Morgan fingerprint density at radius 1 is 1.41 bits per heavy atom. The number of hydrogen-bond acceptors (Lipinski definition) is 6. The van der Waals surface area contributed by atoms with Crippen molar-refractivity contribution in [2.45, 2.75) is 20.4 Å². The molecule has 3 aromatic rings. The predicted molar refractivity (Wildman–Crippen MR) is 75.8 cm³/mol. The maximum Gasteiger partial charge on any atom is 0.333 e. The van der Waals surface area contributed by atoms with Crippen molar-refractivity contribution < 1.29 is 13.9 Å². The van der Waals surface area contributed by atoms with E-state index >= 15 is 0 Å². The highest BCUT2D eigenvalue weighted by Crippen LogP contribution is 2.14. The fraction of sp³-hybridized carbons (Fsp3) is 0.385. The summed E-state index contributed by atoms with van der Waals surface area (Å²) in [6.45, 7) is 3.10. The van der Waals surface area contributed by atoms with Crippen LogP contribution in [0.1, 0.15) is 12.7 Å². The first-order valence-corrected chi connectivity index (χ1v) is 6.67.